The molecule has 1 atom stereocenters. The molecule has 1 amide bonds. The first-order valence-corrected chi connectivity index (χ1v) is 7.75. The number of ether oxygens (including phenoxy) is 1. The highest BCUT2D eigenvalue weighted by Crippen LogP contribution is 2.13. The minimum Gasteiger partial charge on any atom is -0.444 e. The van der Waals surface area contributed by atoms with Gasteiger partial charge in [-0.25, -0.2) is 13.2 Å². The van der Waals surface area contributed by atoms with Crippen LogP contribution in [-0.4, -0.2) is 50.5 Å². The van der Waals surface area contributed by atoms with Gasteiger partial charge in [-0.1, -0.05) is 5.16 Å². The molecule has 7 nitrogen and oxygen atoms in total. The molecule has 19 heavy (non-hydrogen) atoms. The van der Waals surface area contributed by atoms with Crippen molar-refractivity contribution in [1.29, 1.82) is 0 Å². The molecule has 0 aromatic rings. The number of rotatable bonds is 2. The molecule has 0 aromatic carbocycles. The second-order valence-corrected chi connectivity index (χ2v) is 7.53. The molecule has 1 unspecified atom stereocenters. The Labute approximate surface area is 113 Å². The van der Waals surface area contributed by atoms with Gasteiger partial charge in [-0.15, -0.1) is 0 Å². The van der Waals surface area contributed by atoms with E-state index in [1.807, 2.05) is 0 Å². The summed E-state index contributed by atoms with van der Waals surface area (Å²) in [4.78, 5) is 16.3. The fraction of sp³-hybridized carbons (Fsp3) is 0.818. The van der Waals surface area contributed by atoms with Crippen LogP contribution in [0.2, 0.25) is 0 Å². The molecule has 0 radical (unpaired) electrons. The number of nitrogens with one attached hydrogen (secondary N) is 1. The minimum atomic E-state index is -3.16. The van der Waals surface area contributed by atoms with Gasteiger partial charge in [0.15, 0.2) is 9.84 Å². The lowest BCUT2D eigenvalue weighted by Gasteiger charge is -2.26. The number of oxime groups is 1. The third-order valence-corrected chi connectivity index (χ3v) is 3.98. The Morgan fingerprint density at radius 2 is 2.05 bits per heavy atom. The Balaban J connectivity index is 2.72. The topological polar surface area (TPSA) is 94.1 Å². The molecule has 110 valence electrons. The van der Waals surface area contributed by atoms with Crippen molar-refractivity contribution in [2.75, 3.05) is 18.6 Å². The highest BCUT2D eigenvalue weighted by molar-refractivity contribution is 7.92. The molecule has 1 aliphatic rings. The van der Waals surface area contributed by atoms with Crippen LogP contribution in [0, 0.1) is 0 Å². The minimum absolute atomic E-state index is 0.0101. The van der Waals surface area contributed by atoms with E-state index >= 15 is 0 Å². The maximum Gasteiger partial charge on any atom is 0.408 e. The summed E-state index contributed by atoms with van der Waals surface area (Å²) in [6.07, 6.45) is -0.329. The fourth-order valence-electron chi connectivity index (χ4n) is 1.67. The number of nitrogens with zero attached hydrogens (tertiary/aromatic N) is 1. The monoisotopic (exact) mass is 292 g/mol. The average molecular weight is 292 g/mol. The molecular formula is C11H20N2O5S. The molecule has 0 aliphatic carbocycles. The van der Waals surface area contributed by atoms with Crippen LogP contribution in [0.5, 0.6) is 0 Å². The van der Waals surface area contributed by atoms with E-state index in [9.17, 15) is 13.2 Å². The van der Waals surface area contributed by atoms with Crippen LogP contribution in [0.4, 0.5) is 4.79 Å². The third kappa shape index (κ3) is 5.46. The number of carbonyl (C=O) groups excluding carboxylic acids is 1. The number of hydrogen-bond donors (Lipinski definition) is 1. The van der Waals surface area contributed by atoms with E-state index in [0.717, 1.165) is 0 Å². The molecule has 1 fully saturated rings. The van der Waals surface area contributed by atoms with Crippen LogP contribution < -0.4 is 5.32 Å². The lowest BCUT2D eigenvalue weighted by atomic mass is 10.1. The van der Waals surface area contributed by atoms with E-state index in [0.29, 0.717) is 5.71 Å². The zero-order chi connectivity index (χ0) is 14.7. The first-order chi connectivity index (χ1) is 8.63. The summed E-state index contributed by atoms with van der Waals surface area (Å²) in [5.74, 6) is -0.197. The van der Waals surface area contributed by atoms with Gasteiger partial charge in [0.25, 0.3) is 0 Å². The Morgan fingerprint density at radius 1 is 1.42 bits per heavy atom. The van der Waals surface area contributed by atoms with Gasteiger partial charge in [0, 0.05) is 0 Å². The van der Waals surface area contributed by atoms with Crippen molar-refractivity contribution in [3.63, 3.8) is 0 Å². The standard InChI is InChI=1S/C11H20N2O5S/c1-11(2,3)18-10(14)12-8-5-6-19(15,16)7-9(8)13-17-4/h8H,5-7H2,1-4H3,(H,12,14)/b13-9+. The highest BCUT2D eigenvalue weighted by Gasteiger charge is 2.32. The molecular weight excluding hydrogens is 272 g/mol. The zero-order valence-electron chi connectivity index (χ0n) is 11.6. The largest absolute Gasteiger partial charge is 0.444 e. The predicted octanol–water partition coefficient (Wildman–Crippen LogP) is 0.701. The summed E-state index contributed by atoms with van der Waals surface area (Å²) in [6.45, 7) is 5.26. The molecule has 1 N–H and O–H groups in total. The van der Waals surface area contributed by atoms with E-state index in [-0.39, 0.29) is 17.9 Å². The SMILES string of the molecule is CO/N=C1\CS(=O)(=O)CCC1NC(=O)OC(C)(C)C. The van der Waals surface area contributed by atoms with Crippen molar-refractivity contribution < 1.29 is 22.8 Å². The summed E-state index contributed by atoms with van der Waals surface area (Å²) >= 11 is 0. The lowest BCUT2D eigenvalue weighted by Crippen LogP contribution is -2.49. The number of carbonyl (C=O) groups is 1. The average Bonchev–Trinajstić information content (AvgIpc) is 2.19. The van der Waals surface area contributed by atoms with Gasteiger partial charge in [0.2, 0.25) is 0 Å². The Hall–Kier alpha value is -1.31. The lowest BCUT2D eigenvalue weighted by molar-refractivity contribution is 0.0516. The summed E-state index contributed by atoms with van der Waals surface area (Å²) in [5.41, 5.74) is -0.316. The molecule has 0 aromatic heterocycles. The first kappa shape index (κ1) is 15.7. The van der Waals surface area contributed by atoms with Crippen LogP contribution in [0.3, 0.4) is 0 Å². The van der Waals surface area contributed by atoms with E-state index in [2.05, 4.69) is 15.3 Å². The third-order valence-electron chi connectivity index (χ3n) is 2.39. The highest BCUT2D eigenvalue weighted by atomic mass is 32.2. The maximum atomic E-state index is 11.7. The van der Waals surface area contributed by atoms with Gasteiger partial charge in [0.1, 0.15) is 12.7 Å². The molecule has 8 heteroatoms. The van der Waals surface area contributed by atoms with E-state index < -0.39 is 27.6 Å². The van der Waals surface area contributed by atoms with Crippen LogP contribution in [0.25, 0.3) is 0 Å². The molecule has 1 rings (SSSR count). The quantitative estimate of drug-likeness (QED) is 0.756. The number of alkyl carbamates (subject to hydrolysis) is 1. The summed E-state index contributed by atoms with van der Waals surface area (Å²) in [6, 6.07) is -0.474. The van der Waals surface area contributed by atoms with Gasteiger partial charge in [-0.05, 0) is 27.2 Å². The molecule has 1 aliphatic heterocycles. The van der Waals surface area contributed by atoms with Gasteiger partial charge >= 0.3 is 6.09 Å². The van der Waals surface area contributed by atoms with Gasteiger partial charge < -0.3 is 14.9 Å². The number of amides is 1. The normalized spacial score (nSPS) is 24.8. The van der Waals surface area contributed by atoms with E-state index in [4.69, 9.17) is 4.74 Å². The summed E-state index contributed by atoms with van der Waals surface area (Å²) in [5, 5.41) is 6.29. The molecule has 0 bridgehead atoms. The fourth-order valence-corrected chi connectivity index (χ4v) is 3.12. The van der Waals surface area contributed by atoms with E-state index in [1.54, 1.807) is 20.8 Å². The van der Waals surface area contributed by atoms with Crippen LogP contribution in [0.15, 0.2) is 5.16 Å². The smallest absolute Gasteiger partial charge is 0.408 e. The Bertz CT molecular complexity index is 464. The molecule has 1 heterocycles. The zero-order valence-corrected chi connectivity index (χ0v) is 12.4. The van der Waals surface area contributed by atoms with Crippen molar-refractivity contribution in [3.05, 3.63) is 0 Å². The van der Waals surface area contributed by atoms with Gasteiger partial charge in [0.05, 0.1) is 23.3 Å². The Kier molecular flexibility index (Phi) is 4.78. The van der Waals surface area contributed by atoms with Crippen LogP contribution >= 0.6 is 0 Å². The molecule has 0 spiro atoms. The summed E-state index contributed by atoms with van der Waals surface area (Å²) < 4.78 is 28.2. The van der Waals surface area contributed by atoms with E-state index in [1.165, 1.54) is 7.11 Å². The van der Waals surface area contributed by atoms with Crippen LogP contribution in [-0.2, 0) is 19.4 Å². The number of hydrogen-bond acceptors (Lipinski definition) is 6. The maximum absolute atomic E-state index is 11.7. The summed E-state index contributed by atoms with van der Waals surface area (Å²) in [7, 11) is -1.83. The van der Waals surface area contributed by atoms with Crippen molar-refractivity contribution in [1.82, 2.24) is 5.32 Å². The second-order valence-electron chi connectivity index (χ2n) is 5.34. The first-order valence-electron chi connectivity index (χ1n) is 5.93. The molecule has 0 saturated carbocycles. The van der Waals surface area contributed by atoms with Crippen molar-refractivity contribution in [2.45, 2.75) is 38.8 Å². The van der Waals surface area contributed by atoms with Crippen molar-refractivity contribution in [2.24, 2.45) is 5.16 Å². The second kappa shape index (κ2) is 5.77. The van der Waals surface area contributed by atoms with Crippen molar-refractivity contribution >= 4 is 21.6 Å². The van der Waals surface area contributed by atoms with Gasteiger partial charge in [-0.3, -0.25) is 0 Å². The predicted molar refractivity (Wildman–Crippen MR) is 70.9 cm³/mol. The Morgan fingerprint density at radius 3 is 2.58 bits per heavy atom. The van der Waals surface area contributed by atoms with Crippen molar-refractivity contribution in [3.8, 4) is 0 Å². The number of sulfone groups is 1. The van der Waals surface area contributed by atoms with Crippen LogP contribution in [0.1, 0.15) is 27.2 Å². The van der Waals surface area contributed by atoms with Gasteiger partial charge in [-0.2, -0.15) is 0 Å². The molecule has 1 saturated heterocycles.